The molecule has 10 nitrogen and oxygen atoms in total. The first-order chi connectivity index (χ1) is 17.3. The Morgan fingerprint density at radius 3 is 2.31 bits per heavy atom. The molecule has 5 amide bonds. The Hall–Kier alpha value is -4.21. The Balaban J connectivity index is 1.32. The van der Waals surface area contributed by atoms with Crippen LogP contribution in [0.1, 0.15) is 46.9 Å². The molecule has 3 aliphatic heterocycles. The zero-order valence-corrected chi connectivity index (χ0v) is 19.9. The lowest BCUT2D eigenvalue weighted by molar-refractivity contribution is -0.132. The van der Waals surface area contributed by atoms with E-state index >= 15 is 0 Å². The van der Waals surface area contributed by atoms with Crippen molar-refractivity contribution in [2.45, 2.75) is 32.2 Å². The number of hydrogen-bond acceptors (Lipinski definition) is 6. The number of carbonyl (C=O) groups excluding carboxylic acids is 5. The standard InChI is InChI=1S/C26H26N4O6/c1-16(30-25(34)18-7-3-4-8-19(18)26(30)35)24(33)27-17-9-10-21-20(13-17)29(23(32)15-36-21)14-22(31)28-11-5-2-6-12-28/h3-4,7-10,13,16H,2,5-6,11-12,14-15H2,1H3,(H,27,33). The average molecular weight is 491 g/mol. The van der Waals surface area contributed by atoms with Crippen LogP contribution in [0.15, 0.2) is 42.5 Å². The maximum Gasteiger partial charge on any atom is 0.265 e. The molecule has 1 saturated heterocycles. The summed E-state index contributed by atoms with van der Waals surface area (Å²) in [6, 6.07) is 10.1. The number of amides is 5. The molecule has 5 rings (SSSR count). The zero-order valence-electron chi connectivity index (χ0n) is 19.9. The van der Waals surface area contributed by atoms with Gasteiger partial charge in [-0.2, -0.15) is 0 Å². The highest BCUT2D eigenvalue weighted by atomic mass is 16.5. The number of likely N-dealkylation sites (tertiary alicyclic amines) is 1. The van der Waals surface area contributed by atoms with Crippen LogP contribution in [-0.4, -0.2) is 71.6 Å². The van der Waals surface area contributed by atoms with Gasteiger partial charge >= 0.3 is 0 Å². The van der Waals surface area contributed by atoms with Crippen molar-refractivity contribution in [1.29, 1.82) is 0 Å². The number of piperidine rings is 1. The fraction of sp³-hybridized carbons (Fsp3) is 0.346. The van der Waals surface area contributed by atoms with Crippen molar-refractivity contribution in [2.75, 3.05) is 36.5 Å². The number of hydrogen-bond donors (Lipinski definition) is 1. The minimum absolute atomic E-state index is 0.113. The van der Waals surface area contributed by atoms with Crippen LogP contribution in [0.3, 0.4) is 0 Å². The summed E-state index contributed by atoms with van der Waals surface area (Å²) < 4.78 is 5.52. The average Bonchev–Trinajstić information content (AvgIpc) is 3.15. The van der Waals surface area contributed by atoms with E-state index in [-0.39, 0.29) is 36.1 Å². The van der Waals surface area contributed by atoms with E-state index in [4.69, 9.17) is 4.74 Å². The Bertz CT molecular complexity index is 1230. The van der Waals surface area contributed by atoms with Crippen LogP contribution >= 0.6 is 0 Å². The van der Waals surface area contributed by atoms with Gasteiger partial charge in [-0.1, -0.05) is 12.1 Å². The quantitative estimate of drug-likeness (QED) is 0.642. The highest BCUT2D eigenvalue weighted by Gasteiger charge is 2.40. The first-order valence-electron chi connectivity index (χ1n) is 12.0. The summed E-state index contributed by atoms with van der Waals surface area (Å²) in [5.74, 6) is -1.67. The third-order valence-corrected chi connectivity index (χ3v) is 6.76. The molecule has 0 bridgehead atoms. The van der Waals surface area contributed by atoms with Crippen LogP contribution in [0, 0.1) is 0 Å². The van der Waals surface area contributed by atoms with Crippen molar-refractivity contribution in [1.82, 2.24) is 9.80 Å². The minimum atomic E-state index is -1.07. The molecule has 1 atom stereocenters. The van der Waals surface area contributed by atoms with Crippen LogP contribution in [0.5, 0.6) is 5.75 Å². The molecule has 1 fully saturated rings. The van der Waals surface area contributed by atoms with Gasteiger partial charge in [-0.25, -0.2) is 0 Å². The first kappa shape index (κ1) is 23.5. The fourth-order valence-corrected chi connectivity index (χ4v) is 4.76. The summed E-state index contributed by atoms with van der Waals surface area (Å²) in [7, 11) is 0. The summed E-state index contributed by atoms with van der Waals surface area (Å²) in [5, 5.41) is 2.71. The van der Waals surface area contributed by atoms with Gasteiger partial charge in [0, 0.05) is 18.8 Å². The van der Waals surface area contributed by atoms with Crippen molar-refractivity contribution in [2.24, 2.45) is 0 Å². The molecule has 0 spiro atoms. The van der Waals surface area contributed by atoms with E-state index < -0.39 is 23.8 Å². The van der Waals surface area contributed by atoms with Crippen LogP contribution in [0.2, 0.25) is 0 Å². The second kappa shape index (κ2) is 9.44. The summed E-state index contributed by atoms with van der Waals surface area (Å²) in [5.41, 5.74) is 1.25. The van der Waals surface area contributed by atoms with Crippen molar-refractivity contribution < 1.29 is 28.7 Å². The number of rotatable bonds is 5. The molecule has 2 aromatic carbocycles. The van der Waals surface area contributed by atoms with Gasteiger partial charge in [-0.05, 0) is 56.5 Å². The predicted octanol–water partition coefficient (Wildman–Crippen LogP) is 2.05. The Labute approximate surface area is 207 Å². The number of imide groups is 1. The predicted molar refractivity (Wildman–Crippen MR) is 130 cm³/mol. The molecule has 0 aliphatic carbocycles. The lowest BCUT2D eigenvalue weighted by Crippen LogP contribution is -2.47. The van der Waals surface area contributed by atoms with Crippen molar-refractivity contribution in [3.8, 4) is 5.75 Å². The Morgan fingerprint density at radius 2 is 1.64 bits per heavy atom. The summed E-state index contributed by atoms with van der Waals surface area (Å²) in [6.07, 6.45) is 2.98. The van der Waals surface area contributed by atoms with Crippen LogP contribution in [-0.2, 0) is 14.4 Å². The molecule has 186 valence electrons. The molecule has 0 radical (unpaired) electrons. The largest absolute Gasteiger partial charge is 0.482 e. The monoisotopic (exact) mass is 490 g/mol. The van der Waals surface area contributed by atoms with Crippen molar-refractivity contribution in [3.05, 3.63) is 53.6 Å². The zero-order chi connectivity index (χ0) is 25.4. The van der Waals surface area contributed by atoms with E-state index in [1.165, 1.54) is 11.8 Å². The molecule has 1 N–H and O–H groups in total. The summed E-state index contributed by atoms with van der Waals surface area (Å²) in [6.45, 7) is 2.54. The third kappa shape index (κ3) is 4.19. The normalized spacial score (nSPS) is 17.9. The molecule has 0 saturated carbocycles. The van der Waals surface area contributed by atoms with Gasteiger partial charge in [-0.15, -0.1) is 0 Å². The number of nitrogens with zero attached hydrogens (tertiary/aromatic N) is 3. The van der Waals surface area contributed by atoms with E-state index in [1.54, 1.807) is 47.4 Å². The van der Waals surface area contributed by atoms with E-state index in [1.807, 2.05) is 0 Å². The second-order valence-corrected chi connectivity index (χ2v) is 9.08. The molecular formula is C26H26N4O6. The maximum atomic E-state index is 13.0. The smallest absolute Gasteiger partial charge is 0.265 e. The van der Waals surface area contributed by atoms with Gasteiger partial charge in [0.1, 0.15) is 18.3 Å². The van der Waals surface area contributed by atoms with E-state index in [0.29, 0.717) is 30.2 Å². The lowest BCUT2D eigenvalue weighted by atomic mass is 10.1. The first-order valence-corrected chi connectivity index (χ1v) is 12.0. The van der Waals surface area contributed by atoms with Gasteiger partial charge in [0.15, 0.2) is 6.61 Å². The van der Waals surface area contributed by atoms with E-state index in [9.17, 15) is 24.0 Å². The number of carbonyl (C=O) groups is 5. The molecule has 0 aromatic heterocycles. The minimum Gasteiger partial charge on any atom is -0.482 e. The Morgan fingerprint density at radius 1 is 0.972 bits per heavy atom. The topological polar surface area (TPSA) is 116 Å². The van der Waals surface area contributed by atoms with Crippen molar-refractivity contribution in [3.63, 3.8) is 0 Å². The maximum absolute atomic E-state index is 13.0. The fourth-order valence-electron chi connectivity index (χ4n) is 4.76. The van der Waals surface area contributed by atoms with Gasteiger partial charge in [0.2, 0.25) is 11.8 Å². The van der Waals surface area contributed by atoms with Gasteiger partial charge in [0.25, 0.3) is 17.7 Å². The number of benzene rings is 2. The number of fused-ring (bicyclic) bond motifs is 2. The van der Waals surface area contributed by atoms with E-state index in [2.05, 4.69) is 5.32 Å². The molecule has 3 aliphatic rings. The number of nitrogens with one attached hydrogen (secondary N) is 1. The number of ether oxygens (including phenoxy) is 1. The lowest BCUT2D eigenvalue weighted by Gasteiger charge is -2.33. The molecule has 2 aromatic rings. The van der Waals surface area contributed by atoms with Gasteiger partial charge in [0.05, 0.1) is 16.8 Å². The van der Waals surface area contributed by atoms with E-state index in [0.717, 1.165) is 24.2 Å². The Kier molecular flexibility index (Phi) is 6.17. The van der Waals surface area contributed by atoms with Crippen LogP contribution in [0.4, 0.5) is 11.4 Å². The highest BCUT2D eigenvalue weighted by Crippen LogP contribution is 2.35. The summed E-state index contributed by atoms with van der Waals surface area (Å²) >= 11 is 0. The third-order valence-electron chi connectivity index (χ3n) is 6.76. The van der Waals surface area contributed by atoms with Gasteiger partial charge < -0.3 is 15.0 Å². The van der Waals surface area contributed by atoms with Crippen LogP contribution < -0.4 is 15.0 Å². The highest BCUT2D eigenvalue weighted by molar-refractivity contribution is 6.23. The molecule has 3 heterocycles. The van der Waals surface area contributed by atoms with Gasteiger partial charge in [-0.3, -0.25) is 33.8 Å². The second-order valence-electron chi connectivity index (χ2n) is 9.08. The molecule has 36 heavy (non-hydrogen) atoms. The molecule has 1 unspecified atom stereocenters. The summed E-state index contributed by atoms with van der Waals surface area (Å²) in [4.78, 5) is 68.0. The SMILES string of the molecule is CC(C(=O)Nc1ccc2c(c1)N(CC(=O)N1CCCCC1)C(=O)CO2)N1C(=O)c2ccccc2C1=O. The van der Waals surface area contributed by atoms with Crippen LogP contribution in [0.25, 0.3) is 0 Å². The molecular weight excluding hydrogens is 464 g/mol. The van der Waals surface area contributed by atoms with Crippen molar-refractivity contribution >= 4 is 40.9 Å². The number of anilines is 2. The molecule has 10 heteroatoms.